The van der Waals surface area contributed by atoms with Crippen LogP contribution in [0.15, 0.2) is 24.3 Å². The number of ether oxygens (including phenoxy) is 2. The minimum absolute atomic E-state index is 0. The highest BCUT2D eigenvalue weighted by atomic mass is 35.5. The number of methoxy groups -OCH3 is 1. The van der Waals surface area contributed by atoms with Crippen molar-refractivity contribution in [1.29, 1.82) is 0 Å². The molecule has 2 unspecified atom stereocenters. The van der Waals surface area contributed by atoms with Gasteiger partial charge in [0.15, 0.2) is 6.61 Å². The van der Waals surface area contributed by atoms with Crippen LogP contribution < -0.4 is 15.2 Å². The first kappa shape index (κ1) is 18.6. The normalized spacial score (nSPS) is 21.0. The van der Waals surface area contributed by atoms with Crippen molar-refractivity contribution in [3.8, 4) is 11.5 Å². The highest BCUT2D eigenvalue weighted by Gasteiger charge is 2.28. The maximum absolute atomic E-state index is 12.3. The van der Waals surface area contributed by atoms with Crippen molar-refractivity contribution in [3.05, 3.63) is 24.3 Å². The van der Waals surface area contributed by atoms with Gasteiger partial charge in [-0.15, -0.1) is 12.4 Å². The lowest BCUT2D eigenvalue weighted by molar-refractivity contribution is -0.137. The Balaban J connectivity index is 0.00000242. The minimum atomic E-state index is 0. The molecule has 1 aromatic rings. The number of piperidine rings is 1. The number of benzene rings is 1. The molecular formula is C16H25ClN2O3. The Hall–Kier alpha value is -1.46. The molecule has 22 heavy (non-hydrogen) atoms. The summed E-state index contributed by atoms with van der Waals surface area (Å²) in [7, 11) is 1.61. The van der Waals surface area contributed by atoms with E-state index in [4.69, 9.17) is 15.2 Å². The summed E-state index contributed by atoms with van der Waals surface area (Å²) < 4.78 is 10.6. The standard InChI is InChI=1S/C16H24N2O3.ClH/c1-12-7-8-18(13(9-12)10-17)16(19)11-21-15-5-3-14(20-2)4-6-15;/h3-6,12-13H,7-11,17H2,1-2H3;1H. The summed E-state index contributed by atoms with van der Waals surface area (Å²) in [6, 6.07) is 7.35. The van der Waals surface area contributed by atoms with Gasteiger partial charge < -0.3 is 20.1 Å². The lowest BCUT2D eigenvalue weighted by atomic mass is 9.92. The Kier molecular flexibility index (Phi) is 7.48. The topological polar surface area (TPSA) is 64.8 Å². The molecule has 0 radical (unpaired) electrons. The Morgan fingerprint density at radius 1 is 1.32 bits per heavy atom. The molecule has 1 amide bonds. The quantitative estimate of drug-likeness (QED) is 0.898. The zero-order chi connectivity index (χ0) is 15.2. The molecule has 2 rings (SSSR count). The third-order valence-corrected chi connectivity index (χ3v) is 3.99. The predicted molar refractivity (Wildman–Crippen MR) is 88.7 cm³/mol. The van der Waals surface area contributed by atoms with E-state index in [1.54, 1.807) is 19.2 Å². The molecule has 2 atom stereocenters. The minimum Gasteiger partial charge on any atom is -0.497 e. The van der Waals surface area contributed by atoms with Crippen LogP contribution in [0.1, 0.15) is 19.8 Å². The maximum atomic E-state index is 12.3. The van der Waals surface area contributed by atoms with Crippen LogP contribution in [0, 0.1) is 5.92 Å². The average Bonchev–Trinajstić information content (AvgIpc) is 2.52. The summed E-state index contributed by atoms with van der Waals surface area (Å²) in [4.78, 5) is 14.2. The summed E-state index contributed by atoms with van der Waals surface area (Å²) in [5.74, 6) is 2.07. The molecule has 0 aliphatic carbocycles. The van der Waals surface area contributed by atoms with Crippen LogP contribution in [0.3, 0.4) is 0 Å². The lowest BCUT2D eigenvalue weighted by Gasteiger charge is -2.37. The summed E-state index contributed by atoms with van der Waals surface area (Å²) in [6.07, 6.45) is 2.01. The molecule has 1 aliphatic rings. The van der Waals surface area contributed by atoms with Gasteiger partial charge in [-0.05, 0) is 43.0 Å². The van der Waals surface area contributed by atoms with Gasteiger partial charge in [0, 0.05) is 19.1 Å². The van der Waals surface area contributed by atoms with Gasteiger partial charge in [-0.25, -0.2) is 0 Å². The van der Waals surface area contributed by atoms with Gasteiger partial charge in [0.2, 0.25) is 0 Å². The van der Waals surface area contributed by atoms with Crippen molar-refractivity contribution < 1.29 is 14.3 Å². The second-order valence-corrected chi connectivity index (χ2v) is 5.57. The molecule has 2 N–H and O–H groups in total. The smallest absolute Gasteiger partial charge is 0.260 e. The van der Waals surface area contributed by atoms with Crippen molar-refractivity contribution in [2.45, 2.75) is 25.8 Å². The summed E-state index contributed by atoms with van der Waals surface area (Å²) >= 11 is 0. The molecule has 1 fully saturated rings. The zero-order valence-corrected chi connectivity index (χ0v) is 14.0. The maximum Gasteiger partial charge on any atom is 0.260 e. The molecule has 0 spiro atoms. The Morgan fingerprint density at radius 2 is 1.95 bits per heavy atom. The summed E-state index contributed by atoms with van der Waals surface area (Å²) in [5, 5.41) is 0. The van der Waals surface area contributed by atoms with E-state index >= 15 is 0 Å². The fraction of sp³-hybridized carbons (Fsp3) is 0.562. The molecule has 1 saturated heterocycles. The second kappa shape index (κ2) is 8.86. The zero-order valence-electron chi connectivity index (χ0n) is 13.2. The van der Waals surface area contributed by atoms with E-state index in [9.17, 15) is 4.79 Å². The van der Waals surface area contributed by atoms with Gasteiger partial charge >= 0.3 is 0 Å². The first-order valence-electron chi connectivity index (χ1n) is 7.40. The fourth-order valence-electron chi connectivity index (χ4n) is 2.70. The van der Waals surface area contributed by atoms with Gasteiger partial charge in [-0.2, -0.15) is 0 Å². The van der Waals surface area contributed by atoms with Gasteiger partial charge in [0.1, 0.15) is 11.5 Å². The fourth-order valence-corrected chi connectivity index (χ4v) is 2.70. The number of rotatable bonds is 5. The van der Waals surface area contributed by atoms with E-state index < -0.39 is 0 Å². The molecule has 0 saturated carbocycles. The van der Waals surface area contributed by atoms with E-state index in [0.717, 1.165) is 25.1 Å². The third-order valence-electron chi connectivity index (χ3n) is 3.99. The molecule has 1 heterocycles. The average molecular weight is 329 g/mol. The molecule has 1 aliphatic heterocycles. The van der Waals surface area contributed by atoms with Crippen molar-refractivity contribution in [2.75, 3.05) is 26.8 Å². The van der Waals surface area contributed by atoms with Gasteiger partial charge in [-0.3, -0.25) is 4.79 Å². The van der Waals surface area contributed by atoms with Crippen molar-refractivity contribution in [2.24, 2.45) is 11.7 Å². The Labute approximate surface area is 138 Å². The summed E-state index contributed by atoms with van der Waals surface area (Å²) in [6.45, 7) is 3.54. The number of hydrogen-bond acceptors (Lipinski definition) is 4. The molecule has 124 valence electrons. The first-order valence-corrected chi connectivity index (χ1v) is 7.40. The monoisotopic (exact) mass is 328 g/mol. The lowest BCUT2D eigenvalue weighted by Crippen LogP contribution is -2.50. The van der Waals surface area contributed by atoms with Crippen LogP contribution >= 0.6 is 12.4 Å². The van der Waals surface area contributed by atoms with Crippen LogP contribution in [0.4, 0.5) is 0 Å². The van der Waals surface area contributed by atoms with Crippen molar-refractivity contribution in [1.82, 2.24) is 4.90 Å². The SMILES string of the molecule is COc1ccc(OCC(=O)N2CCC(C)CC2CN)cc1.Cl. The van der Waals surface area contributed by atoms with Gasteiger partial charge in [0.05, 0.1) is 7.11 Å². The Morgan fingerprint density at radius 3 is 2.55 bits per heavy atom. The van der Waals surface area contributed by atoms with Crippen LogP contribution in [0.25, 0.3) is 0 Å². The molecule has 1 aromatic carbocycles. The third kappa shape index (κ3) is 4.78. The van der Waals surface area contributed by atoms with E-state index in [1.807, 2.05) is 17.0 Å². The molecule has 6 heteroatoms. The molecular weight excluding hydrogens is 304 g/mol. The number of nitrogens with two attached hydrogens (primary N) is 1. The van der Waals surface area contributed by atoms with Crippen LogP contribution in [0.2, 0.25) is 0 Å². The first-order chi connectivity index (χ1) is 10.1. The number of carbonyl (C=O) groups excluding carboxylic acids is 1. The van der Waals surface area contributed by atoms with E-state index in [-0.39, 0.29) is 31.0 Å². The molecule has 0 bridgehead atoms. The number of carbonyl (C=O) groups is 1. The highest BCUT2D eigenvalue weighted by molar-refractivity contribution is 5.85. The number of hydrogen-bond donors (Lipinski definition) is 1. The predicted octanol–water partition coefficient (Wildman–Crippen LogP) is 2.08. The van der Waals surface area contributed by atoms with Gasteiger partial charge in [-0.1, -0.05) is 6.92 Å². The summed E-state index contributed by atoms with van der Waals surface area (Å²) in [5.41, 5.74) is 5.78. The van der Waals surface area contributed by atoms with E-state index in [2.05, 4.69) is 6.92 Å². The van der Waals surface area contributed by atoms with Gasteiger partial charge in [0.25, 0.3) is 5.91 Å². The second-order valence-electron chi connectivity index (χ2n) is 5.57. The number of amides is 1. The van der Waals surface area contributed by atoms with E-state index in [1.165, 1.54) is 0 Å². The van der Waals surface area contributed by atoms with E-state index in [0.29, 0.717) is 18.2 Å². The number of halogens is 1. The van der Waals surface area contributed by atoms with Crippen LogP contribution in [-0.2, 0) is 4.79 Å². The number of likely N-dealkylation sites (tertiary alicyclic amines) is 1. The largest absolute Gasteiger partial charge is 0.497 e. The molecule has 5 nitrogen and oxygen atoms in total. The number of nitrogens with zero attached hydrogens (tertiary/aromatic N) is 1. The Bertz CT molecular complexity index is 467. The molecule has 0 aromatic heterocycles. The van der Waals surface area contributed by atoms with Crippen molar-refractivity contribution in [3.63, 3.8) is 0 Å². The highest BCUT2D eigenvalue weighted by Crippen LogP contribution is 2.22. The van der Waals surface area contributed by atoms with Crippen molar-refractivity contribution >= 4 is 18.3 Å². The van der Waals surface area contributed by atoms with Crippen LogP contribution in [-0.4, -0.2) is 43.7 Å². The van der Waals surface area contributed by atoms with Crippen LogP contribution in [0.5, 0.6) is 11.5 Å².